The van der Waals surface area contributed by atoms with Crippen LogP contribution in [0.15, 0.2) is 34.9 Å². The summed E-state index contributed by atoms with van der Waals surface area (Å²) in [7, 11) is 0. The Morgan fingerprint density at radius 2 is 2.00 bits per heavy atom. The van der Waals surface area contributed by atoms with Crippen LogP contribution in [-0.4, -0.2) is 52.5 Å². The van der Waals surface area contributed by atoms with Crippen molar-refractivity contribution < 1.29 is 32.2 Å². The van der Waals surface area contributed by atoms with E-state index < -0.39 is 23.9 Å². The van der Waals surface area contributed by atoms with Crippen LogP contribution in [0.2, 0.25) is 0 Å². The molecule has 3 aromatic rings. The molecule has 3 aromatic heterocycles. The minimum atomic E-state index is -4.63. The largest absolute Gasteiger partial charge is 0.477 e. The Morgan fingerprint density at radius 1 is 1.18 bits per heavy atom. The highest BCUT2D eigenvalue weighted by Crippen LogP contribution is 2.41. The number of nitrogens with one attached hydrogen (secondary N) is 2. The van der Waals surface area contributed by atoms with E-state index in [1.165, 1.54) is 18.5 Å². The molecule has 10 nitrogen and oxygen atoms in total. The van der Waals surface area contributed by atoms with Crippen molar-refractivity contribution in [1.29, 1.82) is 0 Å². The van der Waals surface area contributed by atoms with E-state index in [0.29, 0.717) is 35.8 Å². The van der Waals surface area contributed by atoms with Gasteiger partial charge in [0.2, 0.25) is 11.8 Å². The molecule has 0 aromatic carbocycles. The number of carbonyl (C=O) groups excluding carboxylic acids is 2. The second kappa shape index (κ2) is 10.4. The van der Waals surface area contributed by atoms with Gasteiger partial charge in [-0.05, 0) is 37.8 Å². The number of hydrogen-bond donors (Lipinski definition) is 2. The summed E-state index contributed by atoms with van der Waals surface area (Å²) in [5.41, 5.74) is 0.370. The maximum atomic E-state index is 13.4. The number of aromatic nitrogens is 3. The molecule has 4 heterocycles. The Labute approximate surface area is 218 Å². The van der Waals surface area contributed by atoms with Gasteiger partial charge < -0.3 is 14.8 Å². The van der Waals surface area contributed by atoms with Gasteiger partial charge in [-0.15, -0.1) is 11.3 Å². The maximum absolute atomic E-state index is 13.4. The van der Waals surface area contributed by atoms with Crippen LogP contribution in [0.25, 0.3) is 21.7 Å². The molecule has 2 N–H and O–H groups in total. The molecule has 5 rings (SSSR count). The van der Waals surface area contributed by atoms with E-state index in [9.17, 15) is 22.8 Å². The molecule has 14 heteroatoms. The number of hydrogen-bond acceptors (Lipinski definition) is 9. The average molecular weight is 547 g/mol. The van der Waals surface area contributed by atoms with E-state index >= 15 is 0 Å². The molecule has 0 bridgehead atoms. The van der Waals surface area contributed by atoms with E-state index in [0.717, 1.165) is 29.6 Å². The third-order valence-corrected chi connectivity index (χ3v) is 6.49. The average Bonchev–Trinajstić information content (AvgIpc) is 3.37. The molecule has 198 valence electrons. The van der Waals surface area contributed by atoms with Gasteiger partial charge in [0.25, 0.3) is 0 Å². The zero-order valence-corrected chi connectivity index (χ0v) is 20.8. The van der Waals surface area contributed by atoms with Crippen molar-refractivity contribution in [2.75, 3.05) is 25.0 Å². The molecule has 1 aliphatic heterocycles. The van der Waals surface area contributed by atoms with Crippen LogP contribution in [0.1, 0.15) is 31.0 Å². The van der Waals surface area contributed by atoms with Gasteiger partial charge in [0.15, 0.2) is 5.69 Å². The van der Waals surface area contributed by atoms with Crippen LogP contribution in [0.3, 0.4) is 0 Å². The first-order valence-corrected chi connectivity index (χ1v) is 12.6. The maximum Gasteiger partial charge on any atom is 0.434 e. The number of amides is 2. The number of aliphatic imine (C=N–C) groups is 1. The Bertz CT molecular complexity index is 1420. The van der Waals surface area contributed by atoms with Gasteiger partial charge in [-0.3, -0.25) is 5.32 Å². The number of carbonyl (C=O) groups is 2. The quantitative estimate of drug-likeness (QED) is 0.398. The van der Waals surface area contributed by atoms with E-state index in [1.54, 1.807) is 13.0 Å². The van der Waals surface area contributed by atoms with Gasteiger partial charge in [0.05, 0.1) is 12.2 Å². The number of esters is 1. The van der Waals surface area contributed by atoms with Crippen LogP contribution in [0, 0.1) is 5.92 Å². The fourth-order valence-corrected chi connectivity index (χ4v) is 4.44. The monoisotopic (exact) mass is 546 g/mol. The van der Waals surface area contributed by atoms with Gasteiger partial charge in [-0.1, -0.05) is 0 Å². The molecule has 0 spiro atoms. The minimum Gasteiger partial charge on any atom is -0.477 e. The highest BCUT2D eigenvalue weighted by atomic mass is 32.1. The van der Waals surface area contributed by atoms with Crippen LogP contribution >= 0.6 is 11.3 Å². The molecule has 2 amide bonds. The Balaban J connectivity index is 1.62. The van der Waals surface area contributed by atoms with Gasteiger partial charge in [0.1, 0.15) is 17.4 Å². The number of urea groups is 1. The first-order valence-electron chi connectivity index (χ1n) is 11.7. The molecule has 1 aliphatic carbocycles. The van der Waals surface area contributed by atoms with E-state index in [1.807, 2.05) is 0 Å². The van der Waals surface area contributed by atoms with Crippen molar-refractivity contribution >= 4 is 35.1 Å². The number of rotatable bonds is 8. The smallest absolute Gasteiger partial charge is 0.434 e. The van der Waals surface area contributed by atoms with Gasteiger partial charge in [-0.2, -0.15) is 13.2 Å². The molecule has 0 radical (unpaired) electrons. The fraction of sp³-hybridized carbons (Fsp3) is 0.333. The first-order chi connectivity index (χ1) is 18.2. The summed E-state index contributed by atoms with van der Waals surface area (Å²) in [6.45, 7) is 2.40. The van der Waals surface area contributed by atoms with Gasteiger partial charge in [0, 0.05) is 41.0 Å². The number of pyridine rings is 2. The molecular weight excluding hydrogens is 525 g/mol. The van der Waals surface area contributed by atoms with E-state index in [2.05, 4.69) is 30.6 Å². The minimum absolute atomic E-state index is 0.0526. The van der Waals surface area contributed by atoms with Crippen LogP contribution in [0.4, 0.5) is 23.8 Å². The summed E-state index contributed by atoms with van der Waals surface area (Å²) < 4.78 is 51.2. The standard InChI is InChI=1S/C24H21F3N6O4S/c1-2-28-23(35)33-18-6-15(22-32-17(11-38-22)24(25,26)27)16(8-29-18)14-5-13(20-31-9-19(34)37-20)7-30-21(14)36-10-12-3-4-12/h5-8,11-12H,2-4,9-10H2,1H3,(H2,28,29,33,35). The van der Waals surface area contributed by atoms with Crippen LogP contribution in [-0.2, 0) is 15.7 Å². The SMILES string of the molecule is CCNC(=O)Nc1cc(-c2nc(C(F)(F)F)cs2)c(-c2cc(C3=NCC(=O)O3)cnc2OCC2CC2)cn1. The highest BCUT2D eigenvalue weighted by Gasteiger charge is 2.34. The zero-order valence-electron chi connectivity index (χ0n) is 20.0. The molecule has 1 fully saturated rings. The summed E-state index contributed by atoms with van der Waals surface area (Å²) in [6.07, 6.45) is 0.290. The second-order valence-corrected chi connectivity index (χ2v) is 9.42. The fourth-order valence-electron chi connectivity index (χ4n) is 3.58. The number of alkyl halides is 3. The van der Waals surface area contributed by atoms with Crippen molar-refractivity contribution in [2.24, 2.45) is 10.9 Å². The van der Waals surface area contributed by atoms with E-state index in [4.69, 9.17) is 9.47 Å². The van der Waals surface area contributed by atoms with Crippen molar-refractivity contribution in [3.63, 3.8) is 0 Å². The molecule has 0 atom stereocenters. The van der Waals surface area contributed by atoms with Crippen LogP contribution in [0.5, 0.6) is 5.88 Å². The summed E-state index contributed by atoms with van der Waals surface area (Å²) in [5.74, 6) is 0.304. The summed E-state index contributed by atoms with van der Waals surface area (Å²) in [5, 5.41) is 6.11. The number of anilines is 1. The lowest BCUT2D eigenvalue weighted by Gasteiger charge is -2.15. The predicted octanol–water partition coefficient (Wildman–Crippen LogP) is 4.52. The second-order valence-electron chi connectivity index (χ2n) is 8.56. The number of halogens is 3. The lowest BCUT2D eigenvalue weighted by atomic mass is 10.0. The van der Waals surface area contributed by atoms with Crippen molar-refractivity contribution in [3.05, 3.63) is 41.2 Å². The van der Waals surface area contributed by atoms with Crippen molar-refractivity contribution in [3.8, 4) is 27.6 Å². The number of thiazole rings is 1. The number of cyclic esters (lactones) is 1. The van der Waals surface area contributed by atoms with Crippen LogP contribution < -0.4 is 15.4 Å². The topological polar surface area (TPSA) is 128 Å². The lowest BCUT2D eigenvalue weighted by Crippen LogP contribution is -2.28. The Morgan fingerprint density at radius 3 is 2.66 bits per heavy atom. The Hall–Kier alpha value is -4.07. The molecule has 0 unspecified atom stereocenters. The third kappa shape index (κ3) is 5.74. The summed E-state index contributed by atoms with van der Waals surface area (Å²) >= 11 is 0.799. The van der Waals surface area contributed by atoms with Gasteiger partial charge >= 0.3 is 18.2 Å². The van der Waals surface area contributed by atoms with Gasteiger partial charge in [-0.25, -0.2) is 29.5 Å². The molecular formula is C24H21F3N6O4S. The van der Waals surface area contributed by atoms with Crippen molar-refractivity contribution in [1.82, 2.24) is 20.3 Å². The molecule has 38 heavy (non-hydrogen) atoms. The normalized spacial score (nSPS) is 15.2. The number of nitrogens with zero attached hydrogens (tertiary/aromatic N) is 4. The molecule has 0 saturated heterocycles. The Kier molecular flexibility index (Phi) is 6.97. The predicted molar refractivity (Wildman–Crippen MR) is 132 cm³/mol. The van der Waals surface area contributed by atoms with Crippen molar-refractivity contribution in [2.45, 2.75) is 25.9 Å². The third-order valence-electron chi connectivity index (χ3n) is 5.61. The van der Waals surface area contributed by atoms with E-state index in [-0.39, 0.29) is 34.7 Å². The number of ether oxygens (including phenoxy) is 2. The summed E-state index contributed by atoms with van der Waals surface area (Å²) in [4.78, 5) is 40.2. The molecule has 1 saturated carbocycles. The summed E-state index contributed by atoms with van der Waals surface area (Å²) in [6, 6.07) is 2.54. The zero-order chi connectivity index (χ0) is 26.9. The highest BCUT2D eigenvalue weighted by molar-refractivity contribution is 7.13. The lowest BCUT2D eigenvalue weighted by molar-refractivity contribution is -0.140. The molecule has 2 aliphatic rings. The first kappa shape index (κ1) is 25.6.